The van der Waals surface area contributed by atoms with Gasteiger partial charge in [0.25, 0.3) is 0 Å². The van der Waals surface area contributed by atoms with Crippen molar-refractivity contribution in [1.82, 2.24) is 20.4 Å². The second-order valence-corrected chi connectivity index (χ2v) is 5.24. The van der Waals surface area contributed by atoms with Gasteiger partial charge in [-0.1, -0.05) is 7.43 Å². The van der Waals surface area contributed by atoms with Crippen molar-refractivity contribution in [2.45, 2.75) is 33.6 Å². The van der Waals surface area contributed by atoms with Crippen LogP contribution in [0.1, 0.15) is 21.3 Å². The Labute approximate surface area is 150 Å². The highest BCUT2D eigenvalue weighted by atomic mass is 35.5. The van der Waals surface area contributed by atoms with Gasteiger partial charge in [-0.05, 0) is 13.8 Å². The largest absolute Gasteiger partial charge is 0.370 e. The summed E-state index contributed by atoms with van der Waals surface area (Å²) in [7, 11) is 7.60. The molecule has 140 valence electrons. The van der Waals surface area contributed by atoms with Crippen LogP contribution in [0.4, 0.5) is 0 Å². The van der Waals surface area contributed by atoms with Crippen LogP contribution < -0.4 is 22.1 Å². The molecule has 0 bridgehead atoms. The van der Waals surface area contributed by atoms with E-state index < -0.39 is 0 Å². The maximum Gasteiger partial charge on any atom is 0.202 e. The summed E-state index contributed by atoms with van der Waals surface area (Å²) in [6.45, 7) is 3.77. The van der Waals surface area contributed by atoms with Gasteiger partial charge in [-0.3, -0.25) is 10.6 Å². The minimum Gasteiger partial charge on any atom is -0.370 e. The van der Waals surface area contributed by atoms with Gasteiger partial charge >= 0.3 is 0 Å². The summed E-state index contributed by atoms with van der Waals surface area (Å²) in [5.74, 6) is 2.36. The van der Waals surface area contributed by atoms with E-state index in [-0.39, 0.29) is 32.2 Å². The van der Waals surface area contributed by atoms with E-state index >= 15 is 0 Å². The Morgan fingerprint density at radius 1 is 0.750 bits per heavy atom. The van der Waals surface area contributed by atoms with Crippen LogP contribution in [0, 0.1) is 0 Å². The molecular weight excluding hydrogens is 332 g/mol. The maximum atomic E-state index is 5.48. The van der Waals surface area contributed by atoms with Crippen LogP contribution in [0.25, 0.3) is 0 Å². The molecule has 0 aromatic heterocycles. The minimum absolute atomic E-state index is 0. The summed E-state index contributed by atoms with van der Waals surface area (Å²) in [6.07, 6.45) is -0.151. The molecule has 0 saturated carbocycles. The molecule has 24 heavy (non-hydrogen) atoms. The quantitative estimate of drug-likeness (QED) is 0.454. The number of nitrogens with zero attached hydrogens (tertiary/aromatic N) is 6. The van der Waals surface area contributed by atoms with Crippen molar-refractivity contribution in [2.75, 3.05) is 28.2 Å². The predicted octanol–water partition coefficient (Wildman–Crippen LogP) is -0.606. The fourth-order valence-corrected chi connectivity index (χ4v) is 1.63. The molecule has 10 nitrogen and oxygen atoms in total. The van der Waals surface area contributed by atoms with Crippen molar-refractivity contribution in [3.63, 3.8) is 0 Å². The summed E-state index contributed by atoms with van der Waals surface area (Å²) in [5.41, 5.74) is 11.0. The molecule has 2 aliphatic heterocycles. The Hall–Kier alpha value is -2.23. The average Bonchev–Trinajstić information content (AvgIpc) is 2.37. The molecule has 0 aliphatic carbocycles. The lowest BCUT2D eigenvalue weighted by molar-refractivity contribution is 0.581. The first-order chi connectivity index (χ1) is 10.2. The number of aliphatic imine (C=N–C) groups is 4. The first-order valence-corrected chi connectivity index (χ1v) is 6.90. The zero-order valence-corrected chi connectivity index (χ0v) is 15.2. The van der Waals surface area contributed by atoms with Crippen LogP contribution >= 0.6 is 12.4 Å². The van der Waals surface area contributed by atoms with Crippen molar-refractivity contribution in [2.24, 2.45) is 31.4 Å². The highest BCUT2D eigenvalue weighted by Crippen LogP contribution is 1.98. The van der Waals surface area contributed by atoms with Crippen molar-refractivity contribution in [1.29, 1.82) is 0 Å². The SMILES string of the molecule is C.CC1N=C(N)NC(N(C)C)=N1.C[C@@H]1N=C(N)NC(N(C)C)=N1.Cl. The Bertz CT molecular complexity index is 463. The molecule has 0 aromatic rings. The third kappa shape index (κ3) is 7.86. The Morgan fingerprint density at radius 3 is 1.25 bits per heavy atom. The number of nitrogens with two attached hydrogens (primary N) is 2. The number of nitrogens with one attached hydrogen (secondary N) is 2. The first kappa shape index (κ1) is 24.0. The van der Waals surface area contributed by atoms with Gasteiger partial charge in [0.15, 0.2) is 11.9 Å². The van der Waals surface area contributed by atoms with Crippen LogP contribution in [0.15, 0.2) is 20.0 Å². The van der Waals surface area contributed by atoms with Crippen LogP contribution in [0.5, 0.6) is 0 Å². The zero-order valence-electron chi connectivity index (χ0n) is 14.4. The van der Waals surface area contributed by atoms with Gasteiger partial charge in [0.2, 0.25) is 11.9 Å². The molecule has 2 atom stereocenters. The molecule has 0 saturated heterocycles. The lowest BCUT2D eigenvalue weighted by Crippen LogP contribution is -2.47. The fourth-order valence-electron chi connectivity index (χ4n) is 1.63. The van der Waals surface area contributed by atoms with Crippen LogP contribution in [0.2, 0.25) is 0 Å². The van der Waals surface area contributed by atoms with Crippen molar-refractivity contribution in [3.8, 4) is 0 Å². The van der Waals surface area contributed by atoms with E-state index in [1.165, 1.54) is 0 Å². The maximum absolute atomic E-state index is 5.48. The average molecular weight is 363 g/mol. The van der Waals surface area contributed by atoms with E-state index in [2.05, 4.69) is 30.6 Å². The highest BCUT2D eigenvalue weighted by Gasteiger charge is 2.12. The fraction of sp³-hybridized carbons (Fsp3) is 0.692. The number of rotatable bonds is 0. The van der Waals surface area contributed by atoms with E-state index in [1.807, 2.05) is 51.8 Å². The molecule has 2 heterocycles. The molecule has 2 rings (SSSR count). The molecule has 1 unspecified atom stereocenters. The van der Waals surface area contributed by atoms with Crippen molar-refractivity contribution >= 4 is 36.2 Å². The number of halogens is 1. The molecule has 0 amide bonds. The summed E-state index contributed by atoms with van der Waals surface area (Å²) in [6, 6.07) is 0. The highest BCUT2D eigenvalue weighted by molar-refractivity contribution is 5.99. The number of guanidine groups is 4. The van der Waals surface area contributed by atoms with Gasteiger partial charge in [-0.15, -0.1) is 12.4 Å². The Balaban J connectivity index is 0. The third-order valence-electron chi connectivity index (χ3n) is 2.60. The Kier molecular flexibility index (Phi) is 10.5. The standard InChI is InChI=1S/2C6H13N5.CH4.ClH/c2*1-4-8-5(7)10-6(9-4)11(2)3;;/h2*4H,1-3H3,(H3,7,8,9,10);1H4;1H/t4-;;;/m1.../s1. The number of hydrogen-bond acceptors (Lipinski definition) is 10. The molecule has 11 heteroatoms. The van der Waals surface area contributed by atoms with Crippen molar-refractivity contribution in [3.05, 3.63) is 0 Å². The van der Waals surface area contributed by atoms with Crippen LogP contribution in [-0.4, -0.2) is 74.2 Å². The van der Waals surface area contributed by atoms with E-state index in [9.17, 15) is 0 Å². The van der Waals surface area contributed by atoms with Gasteiger partial charge in [0.05, 0.1) is 0 Å². The summed E-state index contributed by atoms with van der Waals surface area (Å²) in [4.78, 5) is 20.1. The smallest absolute Gasteiger partial charge is 0.202 e. The molecule has 2 aliphatic rings. The second kappa shape index (κ2) is 10.5. The van der Waals surface area contributed by atoms with Gasteiger partial charge in [-0.25, -0.2) is 20.0 Å². The minimum atomic E-state index is -0.0753. The Morgan fingerprint density at radius 2 is 1.04 bits per heavy atom. The molecular formula is C13H31ClN10. The third-order valence-corrected chi connectivity index (χ3v) is 2.60. The molecule has 0 aromatic carbocycles. The molecule has 0 spiro atoms. The van der Waals surface area contributed by atoms with E-state index in [0.29, 0.717) is 11.9 Å². The van der Waals surface area contributed by atoms with Gasteiger partial charge < -0.3 is 21.3 Å². The van der Waals surface area contributed by atoms with Gasteiger partial charge in [-0.2, -0.15) is 0 Å². The van der Waals surface area contributed by atoms with Crippen LogP contribution in [-0.2, 0) is 0 Å². The predicted molar refractivity (Wildman–Crippen MR) is 105 cm³/mol. The lowest BCUT2D eigenvalue weighted by Gasteiger charge is -2.21. The van der Waals surface area contributed by atoms with E-state index in [4.69, 9.17) is 11.5 Å². The number of hydrogen-bond donors (Lipinski definition) is 4. The van der Waals surface area contributed by atoms with Gasteiger partial charge in [0.1, 0.15) is 12.3 Å². The molecule has 0 fully saturated rings. The monoisotopic (exact) mass is 362 g/mol. The van der Waals surface area contributed by atoms with Gasteiger partial charge in [0, 0.05) is 28.2 Å². The van der Waals surface area contributed by atoms with Crippen molar-refractivity contribution < 1.29 is 0 Å². The molecule has 0 radical (unpaired) electrons. The summed E-state index contributed by atoms with van der Waals surface area (Å²) in [5, 5.41) is 5.70. The zero-order chi connectivity index (χ0) is 16.9. The second-order valence-electron chi connectivity index (χ2n) is 5.24. The summed E-state index contributed by atoms with van der Waals surface area (Å²) >= 11 is 0. The summed E-state index contributed by atoms with van der Waals surface area (Å²) < 4.78 is 0. The normalized spacial score (nSPS) is 21.4. The van der Waals surface area contributed by atoms with E-state index in [1.54, 1.807) is 0 Å². The topological polar surface area (TPSA) is 132 Å². The lowest BCUT2D eigenvalue weighted by atomic mass is 10.5. The first-order valence-electron chi connectivity index (χ1n) is 6.90. The van der Waals surface area contributed by atoms with Crippen LogP contribution in [0.3, 0.4) is 0 Å². The van der Waals surface area contributed by atoms with E-state index in [0.717, 1.165) is 11.9 Å². The molecule has 6 N–H and O–H groups in total.